The maximum atomic E-state index is 9.93. The van der Waals surface area contributed by atoms with Gasteiger partial charge in [-0.25, -0.2) is 4.99 Å². The number of hydrogen-bond acceptors (Lipinski definition) is 6. The summed E-state index contributed by atoms with van der Waals surface area (Å²) >= 11 is 0. The van der Waals surface area contributed by atoms with Crippen molar-refractivity contribution in [3.05, 3.63) is 35.9 Å². The monoisotopic (exact) mass is 294 g/mol. The Bertz CT molecular complexity index is 765. The molecule has 2 N–H and O–H groups in total. The van der Waals surface area contributed by atoms with Crippen LogP contribution in [0.3, 0.4) is 0 Å². The summed E-state index contributed by atoms with van der Waals surface area (Å²) in [6, 6.07) is 13.9. The van der Waals surface area contributed by atoms with Crippen LogP contribution in [0.5, 0.6) is 0 Å². The van der Waals surface area contributed by atoms with Gasteiger partial charge in [-0.2, -0.15) is 10.5 Å². The molecule has 110 valence electrons. The van der Waals surface area contributed by atoms with Crippen LogP contribution in [0.25, 0.3) is 0 Å². The van der Waals surface area contributed by atoms with E-state index in [1.54, 1.807) is 0 Å². The molecule has 1 aliphatic carbocycles. The quantitative estimate of drug-likeness (QED) is 0.839. The van der Waals surface area contributed by atoms with Crippen LogP contribution in [-0.4, -0.2) is 24.5 Å². The molecule has 1 saturated carbocycles. The molecule has 1 spiro atoms. The highest BCUT2D eigenvalue weighted by molar-refractivity contribution is 6.00. The van der Waals surface area contributed by atoms with Gasteiger partial charge >= 0.3 is 0 Å². The van der Waals surface area contributed by atoms with Gasteiger partial charge in [-0.15, -0.1) is 0 Å². The van der Waals surface area contributed by atoms with E-state index in [2.05, 4.69) is 17.1 Å². The molecule has 0 unspecified atom stereocenters. The summed E-state index contributed by atoms with van der Waals surface area (Å²) in [5.74, 6) is -1.75. The fourth-order valence-electron chi connectivity index (χ4n) is 4.01. The van der Waals surface area contributed by atoms with Crippen LogP contribution in [-0.2, 0) is 9.47 Å². The predicted octanol–water partition coefficient (Wildman–Crippen LogP) is 1.26. The minimum Gasteiger partial charge on any atom is -0.386 e. The largest absolute Gasteiger partial charge is 0.386 e. The minimum atomic E-state index is -1.47. The van der Waals surface area contributed by atoms with Gasteiger partial charge in [0.05, 0.1) is 24.8 Å². The normalized spacial score (nSPS) is 45.0. The number of hydrogen-bond donors (Lipinski definition) is 1. The summed E-state index contributed by atoms with van der Waals surface area (Å²) in [6.45, 7) is 2.17. The third kappa shape index (κ3) is 1.13. The van der Waals surface area contributed by atoms with Crippen molar-refractivity contribution in [2.24, 2.45) is 21.6 Å². The number of fused-ring (bicyclic) bond motifs is 2. The van der Waals surface area contributed by atoms with E-state index in [4.69, 9.17) is 15.2 Å². The van der Waals surface area contributed by atoms with Crippen molar-refractivity contribution in [1.29, 1.82) is 10.5 Å². The number of nitrogens with two attached hydrogens (primary N) is 1. The van der Waals surface area contributed by atoms with Gasteiger partial charge < -0.3 is 15.2 Å². The first-order chi connectivity index (χ1) is 10.6. The van der Waals surface area contributed by atoms with E-state index < -0.39 is 22.7 Å². The zero-order chi connectivity index (χ0) is 15.6. The van der Waals surface area contributed by atoms with E-state index >= 15 is 0 Å². The fraction of sp³-hybridized carbons (Fsp3) is 0.438. The van der Waals surface area contributed by atoms with Gasteiger partial charge in [0.15, 0.2) is 5.41 Å². The molecule has 0 radical (unpaired) electrons. The SMILES string of the molecule is C[C@H]1CO[C@]2(N=C(N)[C@@]3(C#N)[C@@H](c4ccccc4)[C@@]23C#N)O1. The van der Waals surface area contributed by atoms with E-state index in [1.807, 2.05) is 37.3 Å². The van der Waals surface area contributed by atoms with Crippen molar-refractivity contribution in [2.75, 3.05) is 6.61 Å². The van der Waals surface area contributed by atoms with Crippen LogP contribution in [0, 0.1) is 33.5 Å². The number of aliphatic imine (C=N–C) groups is 1. The molecule has 1 aromatic rings. The zero-order valence-corrected chi connectivity index (χ0v) is 12.0. The second-order valence-corrected chi connectivity index (χ2v) is 6.00. The van der Waals surface area contributed by atoms with Gasteiger partial charge in [0, 0.05) is 5.92 Å². The standard InChI is InChI=1S/C16H14N4O2/c1-10-7-21-16(22-10)15(9-18)12(11-5-3-2-4-6-11)14(15,8-17)13(19)20-16/h2-6,10,12H,7H2,1H3,(H2,19,20)/t10-,12+,14+,15+,16-/m0/s1. The lowest BCUT2D eigenvalue weighted by atomic mass is 9.94. The Morgan fingerprint density at radius 3 is 2.55 bits per heavy atom. The van der Waals surface area contributed by atoms with Gasteiger partial charge in [0.2, 0.25) is 0 Å². The lowest BCUT2D eigenvalue weighted by molar-refractivity contribution is -0.193. The molecule has 2 aliphatic heterocycles. The maximum absolute atomic E-state index is 9.93. The van der Waals surface area contributed by atoms with E-state index in [0.29, 0.717) is 6.61 Å². The summed E-state index contributed by atoms with van der Waals surface area (Å²) in [6.07, 6.45) is -0.201. The Morgan fingerprint density at radius 1 is 1.27 bits per heavy atom. The average molecular weight is 294 g/mol. The van der Waals surface area contributed by atoms with E-state index in [0.717, 1.165) is 5.56 Å². The van der Waals surface area contributed by atoms with E-state index in [-0.39, 0.29) is 11.9 Å². The third-order valence-electron chi connectivity index (χ3n) is 4.93. The van der Waals surface area contributed by atoms with Gasteiger partial charge in [0.1, 0.15) is 11.3 Å². The van der Waals surface area contributed by atoms with Crippen LogP contribution < -0.4 is 5.73 Å². The van der Waals surface area contributed by atoms with Crippen LogP contribution in [0.1, 0.15) is 18.4 Å². The lowest BCUT2D eigenvalue weighted by Gasteiger charge is -2.26. The van der Waals surface area contributed by atoms with Crippen LogP contribution >= 0.6 is 0 Å². The fourth-order valence-corrected chi connectivity index (χ4v) is 4.01. The Hall–Kier alpha value is -2.41. The number of benzene rings is 1. The molecule has 3 aliphatic rings. The molecule has 0 amide bonds. The molecule has 2 heterocycles. The first-order valence-corrected chi connectivity index (χ1v) is 7.13. The number of nitrogens with zero attached hydrogens (tertiary/aromatic N) is 3. The third-order valence-corrected chi connectivity index (χ3v) is 4.93. The molecule has 5 atom stereocenters. The lowest BCUT2D eigenvalue weighted by Crippen LogP contribution is -2.39. The molecular weight excluding hydrogens is 280 g/mol. The second-order valence-electron chi connectivity index (χ2n) is 6.00. The summed E-state index contributed by atoms with van der Waals surface area (Å²) in [7, 11) is 0. The molecule has 4 rings (SSSR count). The number of amidine groups is 1. The smallest absolute Gasteiger partial charge is 0.293 e. The molecule has 6 heteroatoms. The Balaban J connectivity index is 1.93. The van der Waals surface area contributed by atoms with Gasteiger partial charge in [-0.05, 0) is 12.5 Å². The van der Waals surface area contributed by atoms with Crippen molar-refractivity contribution in [2.45, 2.75) is 24.9 Å². The van der Waals surface area contributed by atoms with Gasteiger partial charge in [0.25, 0.3) is 5.91 Å². The maximum Gasteiger partial charge on any atom is 0.293 e. The highest BCUT2D eigenvalue weighted by atomic mass is 16.8. The second kappa shape index (κ2) is 3.86. The van der Waals surface area contributed by atoms with Crippen LogP contribution in [0.15, 0.2) is 35.3 Å². The molecule has 2 fully saturated rings. The van der Waals surface area contributed by atoms with Crippen molar-refractivity contribution >= 4 is 5.84 Å². The molecule has 22 heavy (non-hydrogen) atoms. The summed E-state index contributed by atoms with van der Waals surface area (Å²) in [4.78, 5) is 4.27. The summed E-state index contributed by atoms with van der Waals surface area (Å²) in [5, 5.41) is 19.7. The Kier molecular flexibility index (Phi) is 2.33. The molecular formula is C16H14N4O2. The van der Waals surface area contributed by atoms with Crippen molar-refractivity contribution < 1.29 is 9.47 Å². The molecule has 6 nitrogen and oxygen atoms in total. The summed E-state index contributed by atoms with van der Waals surface area (Å²) in [5.41, 5.74) is 4.52. The Morgan fingerprint density at radius 2 is 2.00 bits per heavy atom. The topological polar surface area (TPSA) is 104 Å². The van der Waals surface area contributed by atoms with E-state index in [9.17, 15) is 10.5 Å². The number of ether oxygens (including phenoxy) is 2. The zero-order valence-electron chi connectivity index (χ0n) is 12.0. The molecule has 1 saturated heterocycles. The molecule has 0 aromatic heterocycles. The number of nitriles is 2. The van der Waals surface area contributed by atoms with Crippen LogP contribution in [0.4, 0.5) is 0 Å². The highest BCUT2D eigenvalue weighted by Crippen LogP contribution is 2.82. The average Bonchev–Trinajstić information content (AvgIpc) is 2.93. The first-order valence-electron chi connectivity index (χ1n) is 7.13. The Labute approximate surface area is 127 Å². The van der Waals surface area contributed by atoms with Gasteiger partial charge in [-0.1, -0.05) is 30.3 Å². The van der Waals surface area contributed by atoms with Crippen molar-refractivity contribution in [3.63, 3.8) is 0 Å². The predicted molar refractivity (Wildman–Crippen MR) is 76.1 cm³/mol. The number of rotatable bonds is 1. The first kappa shape index (κ1) is 13.3. The summed E-state index contributed by atoms with van der Waals surface area (Å²) < 4.78 is 11.6. The molecule has 0 bridgehead atoms. The van der Waals surface area contributed by atoms with E-state index in [1.165, 1.54) is 0 Å². The minimum absolute atomic E-state index is 0.125. The highest BCUT2D eigenvalue weighted by Gasteiger charge is 2.94. The molecule has 1 aromatic carbocycles. The van der Waals surface area contributed by atoms with Crippen molar-refractivity contribution in [1.82, 2.24) is 0 Å². The van der Waals surface area contributed by atoms with Crippen LogP contribution in [0.2, 0.25) is 0 Å². The van der Waals surface area contributed by atoms with Crippen molar-refractivity contribution in [3.8, 4) is 12.1 Å². The van der Waals surface area contributed by atoms with Gasteiger partial charge in [-0.3, -0.25) is 0 Å².